The summed E-state index contributed by atoms with van der Waals surface area (Å²) in [6.07, 6.45) is 8.81. The fourth-order valence-corrected chi connectivity index (χ4v) is 2.91. The van der Waals surface area contributed by atoms with E-state index < -0.39 is 0 Å². The number of hydrogen-bond acceptors (Lipinski definition) is 5. The zero-order valence-corrected chi connectivity index (χ0v) is 11.9. The van der Waals surface area contributed by atoms with Crippen molar-refractivity contribution in [3.8, 4) is 0 Å². The molecule has 0 bridgehead atoms. The summed E-state index contributed by atoms with van der Waals surface area (Å²) in [6, 6.07) is 0. The van der Waals surface area contributed by atoms with Crippen molar-refractivity contribution in [3.05, 3.63) is 11.7 Å². The predicted molar refractivity (Wildman–Crippen MR) is 72.8 cm³/mol. The molecular formula is C14H25N3O2. The number of aryl methyl sites for hydroxylation is 1. The Bertz CT molecular complexity index is 373. The maximum Gasteiger partial charge on any atom is 0.227 e. The molecule has 0 saturated heterocycles. The third kappa shape index (κ3) is 4.01. The van der Waals surface area contributed by atoms with Crippen LogP contribution in [0.2, 0.25) is 0 Å². The van der Waals surface area contributed by atoms with E-state index in [0.717, 1.165) is 37.6 Å². The van der Waals surface area contributed by atoms with Crippen LogP contribution in [0.25, 0.3) is 0 Å². The molecule has 1 fully saturated rings. The lowest BCUT2D eigenvalue weighted by Crippen LogP contribution is -2.35. The van der Waals surface area contributed by atoms with Crippen LogP contribution >= 0.6 is 0 Å². The Labute approximate surface area is 114 Å². The van der Waals surface area contributed by atoms with E-state index in [1.54, 1.807) is 7.11 Å². The number of hydrogen-bond donors (Lipinski definition) is 1. The number of nitrogens with zero attached hydrogens (tertiary/aromatic N) is 2. The first-order valence-corrected chi connectivity index (χ1v) is 7.28. The summed E-state index contributed by atoms with van der Waals surface area (Å²) >= 11 is 0. The van der Waals surface area contributed by atoms with Crippen LogP contribution in [0, 0.1) is 5.41 Å². The van der Waals surface area contributed by atoms with E-state index in [1.807, 2.05) is 0 Å². The van der Waals surface area contributed by atoms with Crippen molar-refractivity contribution in [2.45, 2.75) is 51.4 Å². The van der Waals surface area contributed by atoms with Gasteiger partial charge in [0.2, 0.25) is 5.89 Å². The summed E-state index contributed by atoms with van der Waals surface area (Å²) in [7, 11) is 1.70. The molecule has 1 saturated carbocycles. The Hall–Kier alpha value is -0.940. The predicted octanol–water partition coefficient (Wildman–Crippen LogP) is 2.10. The lowest BCUT2D eigenvalue weighted by atomic mass is 9.72. The van der Waals surface area contributed by atoms with Crippen molar-refractivity contribution >= 4 is 0 Å². The standard InChI is InChI=1S/C14H25N3O2/c1-18-9-5-6-12-16-13(19-17-12)10-14(11-15)7-3-2-4-8-14/h2-11,15H2,1H3. The first kappa shape index (κ1) is 14.5. The fraction of sp³-hybridized carbons (Fsp3) is 0.857. The largest absolute Gasteiger partial charge is 0.385 e. The summed E-state index contributed by atoms with van der Waals surface area (Å²) in [4.78, 5) is 4.48. The minimum atomic E-state index is 0.189. The van der Waals surface area contributed by atoms with Gasteiger partial charge in [-0.1, -0.05) is 24.4 Å². The molecule has 1 aliphatic carbocycles. The number of rotatable bonds is 7. The lowest BCUT2D eigenvalue weighted by molar-refractivity contribution is 0.177. The van der Waals surface area contributed by atoms with Crippen molar-refractivity contribution in [3.63, 3.8) is 0 Å². The maximum atomic E-state index is 5.98. The monoisotopic (exact) mass is 267 g/mol. The van der Waals surface area contributed by atoms with Gasteiger partial charge in [0.25, 0.3) is 0 Å². The molecular weight excluding hydrogens is 242 g/mol. The van der Waals surface area contributed by atoms with E-state index in [0.29, 0.717) is 6.54 Å². The van der Waals surface area contributed by atoms with E-state index in [1.165, 1.54) is 32.1 Å². The first-order valence-electron chi connectivity index (χ1n) is 7.28. The molecule has 5 heteroatoms. The van der Waals surface area contributed by atoms with Gasteiger partial charge in [-0.2, -0.15) is 4.98 Å². The Kier molecular flexibility index (Phi) is 5.34. The molecule has 0 unspecified atom stereocenters. The summed E-state index contributed by atoms with van der Waals surface area (Å²) in [6.45, 7) is 1.45. The van der Waals surface area contributed by atoms with Crippen LogP contribution in [-0.2, 0) is 17.6 Å². The Morgan fingerprint density at radius 3 is 2.79 bits per heavy atom. The highest BCUT2D eigenvalue weighted by molar-refractivity contribution is 4.95. The lowest BCUT2D eigenvalue weighted by Gasteiger charge is -2.34. The van der Waals surface area contributed by atoms with Gasteiger partial charge in [0.15, 0.2) is 5.82 Å². The van der Waals surface area contributed by atoms with Crippen molar-refractivity contribution in [1.82, 2.24) is 10.1 Å². The molecule has 0 amide bonds. The second kappa shape index (κ2) is 7.01. The van der Waals surface area contributed by atoms with Crippen LogP contribution in [0.5, 0.6) is 0 Å². The van der Waals surface area contributed by atoms with Gasteiger partial charge in [0, 0.05) is 26.6 Å². The van der Waals surface area contributed by atoms with Crippen LogP contribution < -0.4 is 5.73 Å². The topological polar surface area (TPSA) is 74.2 Å². The minimum Gasteiger partial charge on any atom is -0.385 e. The highest BCUT2D eigenvalue weighted by atomic mass is 16.5. The van der Waals surface area contributed by atoms with Crippen LogP contribution in [0.4, 0.5) is 0 Å². The second-order valence-electron chi connectivity index (χ2n) is 5.64. The zero-order chi connectivity index (χ0) is 13.6. The van der Waals surface area contributed by atoms with Crippen LogP contribution in [0.15, 0.2) is 4.52 Å². The van der Waals surface area contributed by atoms with Crippen LogP contribution in [0.3, 0.4) is 0 Å². The summed E-state index contributed by atoms with van der Waals surface area (Å²) in [5, 5.41) is 4.04. The van der Waals surface area contributed by atoms with Gasteiger partial charge < -0.3 is 15.0 Å². The molecule has 0 aromatic carbocycles. The van der Waals surface area contributed by atoms with E-state index in [9.17, 15) is 0 Å². The highest BCUT2D eigenvalue weighted by Crippen LogP contribution is 2.37. The summed E-state index contributed by atoms with van der Waals surface area (Å²) < 4.78 is 10.4. The Morgan fingerprint density at radius 1 is 1.32 bits per heavy atom. The molecule has 0 spiro atoms. The summed E-state index contributed by atoms with van der Waals surface area (Å²) in [5.74, 6) is 1.54. The average Bonchev–Trinajstić information content (AvgIpc) is 2.87. The van der Waals surface area contributed by atoms with Crippen molar-refractivity contribution < 1.29 is 9.26 Å². The molecule has 5 nitrogen and oxygen atoms in total. The number of methoxy groups -OCH3 is 1. The molecule has 0 radical (unpaired) electrons. The molecule has 1 aromatic heterocycles. The SMILES string of the molecule is COCCCc1noc(CC2(CN)CCCCC2)n1. The fourth-order valence-electron chi connectivity index (χ4n) is 2.91. The van der Waals surface area contributed by atoms with Crippen molar-refractivity contribution in [2.75, 3.05) is 20.3 Å². The number of aromatic nitrogens is 2. The molecule has 0 aliphatic heterocycles. The highest BCUT2D eigenvalue weighted by Gasteiger charge is 2.32. The van der Waals surface area contributed by atoms with E-state index >= 15 is 0 Å². The quantitative estimate of drug-likeness (QED) is 0.766. The first-order chi connectivity index (χ1) is 9.28. The molecule has 19 heavy (non-hydrogen) atoms. The van der Waals surface area contributed by atoms with E-state index in [2.05, 4.69) is 10.1 Å². The van der Waals surface area contributed by atoms with Crippen molar-refractivity contribution in [1.29, 1.82) is 0 Å². The van der Waals surface area contributed by atoms with E-state index in [4.69, 9.17) is 15.0 Å². The molecule has 2 rings (SSSR count). The van der Waals surface area contributed by atoms with Crippen LogP contribution in [0.1, 0.15) is 50.2 Å². The normalized spacial score (nSPS) is 18.6. The van der Waals surface area contributed by atoms with Gasteiger partial charge >= 0.3 is 0 Å². The maximum absolute atomic E-state index is 5.98. The van der Waals surface area contributed by atoms with Gasteiger partial charge in [0.05, 0.1) is 0 Å². The van der Waals surface area contributed by atoms with Gasteiger partial charge in [-0.05, 0) is 31.2 Å². The van der Waals surface area contributed by atoms with Crippen molar-refractivity contribution in [2.24, 2.45) is 11.1 Å². The van der Waals surface area contributed by atoms with Gasteiger partial charge in [0.1, 0.15) is 0 Å². The zero-order valence-electron chi connectivity index (χ0n) is 11.9. The molecule has 1 aliphatic rings. The van der Waals surface area contributed by atoms with E-state index in [-0.39, 0.29) is 5.41 Å². The third-order valence-corrected chi connectivity index (χ3v) is 4.13. The molecule has 0 atom stereocenters. The van der Waals surface area contributed by atoms with Gasteiger partial charge in [-0.25, -0.2) is 0 Å². The van der Waals surface area contributed by atoms with Gasteiger partial charge in [-0.3, -0.25) is 0 Å². The molecule has 2 N–H and O–H groups in total. The van der Waals surface area contributed by atoms with Crippen LogP contribution in [-0.4, -0.2) is 30.4 Å². The molecule has 1 aromatic rings. The smallest absolute Gasteiger partial charge is 0.227 e. The van der Waals surface area contributed by atoms with Gasteiger partial charge in [-0.15, -0.1) is 0 Å². The number of nitrogens with two attached hydrogens (primary N) is 1. The Balaban J connectivity index is 1.90. The third-order valence-electron chi connectivity index (χ3n) is 4.13. The molecule has 1 heterocycles. The average molecular weight is 267 g/mol. The minimum absolute atomic E-state index is 0.189. The summed E-state index contributed by atoms with van der Waals surface area (Å²) in [5.41, 5.74) is 6.17. The Morgan fingerprint density at radius 2 is 2.11 bits per heavy atom. The number of ether oxygens (including phenoxy) is 1. The molecule has 108 valence electrons. The second-order valence-corrected chi connectivity index (χ2v) is 5.64.